The maximum Gasteiger partial charge on any atom is 0.434 e. The van der Waals surface area contributed by atoms with Crippen LogP contribution in [0, 0.1) is 10.1 Å². The van der Waals surface area contributed by atoms with Crippen molar-refractivity contribution in [1.29, 1.82) is 0 Å². The number of amides is 1. The molecular formula is C8H12N4O4. The second kappa shape index (κ2) is 5.81. The second-order valence-electron chi connectivity index (χ2n) is 3.01. The molecule has 0 saturated carbocycles. The number of nitrogens with zero attached hydrogens (tertiary/aromatic N) is 3. The van der Waals surface area contributed by atoms with Crippen LogP contribution in [0.4, 0.5) is 5.95 Å². The number of imidazole rings is 1. The van der Waals surface area contributed by atoms with Crippen LogP contribution in [0.5, 0.6) is 0 Å². The molecule has 16 heavy (non-hydrogen) atoms. The van der Waals surface area contributed by atoms with E-state index in [1.165, 1.54) is 24.1 Å². The Hall–Kier alpha value is -1.96. The maximum absolute atomic E-state index is 11.0. The minimum absolute atomic E-state index is 0.216. The van der Waals surface area contributed by atoms with Crippen LogP contribution < -0.4 is 5.48 Å². The van der Waals surface area contributed by atoms with Gasteiger partial charge in [0.1, 0.15) is 12.4 Å². The number of aromatic nitrogens is 2. The van der Waals surface area contributed by atoms with E-state index in [9.17, 15) is 14.9 Å². The van der Waals surface area contributed by atoms with Crippen molar-refractivity contribution in [1.82, 2.24) is 15.0 Å². The molecule has 0 aliphatic carbocycles. The number of rotatable bonds is 6. The van der Waals surface area contributed by atoms with E-state index >= 15 is 0 Å². The van der Waals surface area contributed by atoms with Gasteiger partial charge in [-0.2, -0.15) is 0 Å². The Labute approximate surface area is 91.3 Å². The van der Waals surface area contributed by atoms with E-state index in [4.69, 9.17) is 0 Å². The fourth-order valence-corrected chi connectivity index (χ4v) is 1.22. The summed E-state index contributed by atoms with van der Waals surface area (Å²) in [5.41, 5.74) is 2.17. The molecule has 1 rings (SSSR count). The summed E-state index contributed by atoms with van der Waals surface area (Å²) in [6, 6.07) is 0. The summed E-state index contributed by atoms with van der Waals surface area (Å²) >= 11 is 0. The zero-order valence-electron chi connectivity index (χ0n) is 8.75. The minimum Gasteiger partial charge on any atom is -0.390 e. The van der Waals surface area contributed by atoms with Gasteiger partial charge < -0.3 is 10.1 Å². The smallest absolute Gasteiger partial charge is 0.390 e. The Morgan fingerprint density at radius 3 is 3.12 bits per heavy atom. The Balaban J connectivity index is 2.40. The predicted molar refractivity (Wildman–Crippen MR) is 53.3 cm³/mol. The summed E-state index contributed by atoms with van der Waals surface area (Å²) in [4.78, 5) is 29.0. The van der Waals surface area contributed by atoms with Gasteiger partial charge in [-0.3, -0.25) is 9.63 Å². The minimum atomic E-state index is -0.560. The fraction of sp³-hybridized carbons (Fsp3) is 0.500. The molecule has 8 nitrogen and oxygen atoms in total. The van der Waals surface area contributed by atoms with Crippen LogP contribution in [0.3, 0.4) is 0 Å². The molecule has 1 aromatic rings. The third-order valence-corrected chi connectivity index (χ3v) is 1.88. The van der Waals surface area contributed by atoms with Gasteiger partial charge in [0.2, 0.25) is 5.91 Å². The van der Waals surface area contributed by atoms with Crippen LogP contribution in [0.1, 0.15) is 12.8 Å². The lowest BCUT2D eigenvalue weighted by Gasteiger charge is -2.02. The van der Waals surface area contributed by atoms with Crippen molar-refractivity contribution in [2.24, 2.45) is 0 Å². The van der Waals surface area contributed by atoms with Gasteiger partial charge in [0.15, 0.2) is 0 Å². The molecule has 0 bridgehead atoms. The number of carbonyl (C=O) groups is 1. The van der Waals surface area contributed by atoms with Crippen molar-refractivity contribution in [3.05, 3.63) is 22.5 Å². The van der Waals surface area contributed by atoms with E-state index in [0.717, 1.165) is 0 Å². The van der Waals surface area contributed by atoms with Crippen LogP contribution in [0.15, 0.2) is 12.4 Å². The number of hydrogen-bond acceptors (Lipinski definition) is 5. The molecule has 8 heteroatoms. The first kappa shape index (κ1) is 12.1. The summed E-state index contributed by atoms with van der Waals surface area (Å²) in [6.45, 7) is 0.368. The van der Waals surface area contributed by atoms with Crippen molar-refractivity contribution in [3.8, 4) is 0 Å². The fourth-order valence-electron chi connectivity index (χ4n) is 1.22. The standard InChI is InChI=1S/C8H12N4O4/c1-16-10-7(13)3-2-5-11-6-4-9-8(11)12(14)15/h4,6H,2-3,5H2,1H3,(H,10,13). The highest BCUT2D eigenvalue weighted by atomic mass is 16.6. The number of hydroxylamine groups is 1. The molecule has 0 atom stereocenters. The quantitative estimate of drug-likeness (QED) is 0.555. The lowest BCUT2D eigenvalue weighted by Crippen LogP contribution is -2.21. The molecular weight excluding hydrogens is 216 g/mol. The predicted octanol–water partition coefficient (Wildman–Crippen LogP) is 0.249. The average Bonchev–Trinajstić information content (AvgIpc) is 2.66. The number of aryl methyl sites for hydroxylation is 1. The van der Waals surface area contributed by atoms with Gasteiger partial charge in [-0.05, 0) is 11.3 Å². The summed E-state index contributed by atoms with van der Waals surface area (Å²) < 4.78 is 1.39. The molecule has 0 aromatic carbocycles. The first-order chi connectivity index (χ1) is 7.65. The van der Waals surface area contributed by atoms with Crippen LogP contribution in [0.2, 0.25) is 0 Å². The summed E-state index contributed by atoms with van der Waals surface area (Å²) in [5.74, 6) is -0.475. The lowest BCUT2D eigenvalue weighted by atomic mass is 10.3. The Bertz CT molecular complexity index is 376. The third-order valence-electron chi connectivity index (χ3n) is 1.88. The van der Waals surface area contributed by atoms with Crippen LogP contribution in [-0.4, -0.2) is 27.5 Å². The highest BCUT2D eigenvalue weighted by molar-refractivity contribution is 5.74. The van der Waals surface area contributed by atoms with Gasteiger partial charge in [0.25, 0.3) is 0 Å². The molecule has 0 unspecified atom stereocenters. The third kappa shape index (κ3) is 3.31. The molecule has 0 radical (unpaired) electrons. The molecule has 88 valence electrons. The van der Waals surface area contributed by atoms with Crippen LogP contribution in [0.25, 0.3) is 0 Å². The van der Waals surface area contributed by atoms with Crippen molar-refractivity contribution in [2.45, 2.75) is 19.4 Å². The molecule has 0 aliphatic heterocycles. The number of carbonyl (C=O) groups excluding carboxylic acids is 1. The van der Waals surface area contributed by atoms with Gasteiger partial charge >= 0.3 is 5.95 Å². The Morgan fingerprint density at radius 2 is 2.50 bits per heavy atom. The largest absolute Gasteiger partial charge is 0.434 e. The molecule has 0 spiro atoms. The van der Waals surface area contributed by atoms with Gasteiger partial charge in [-0.25, -0.2) is 10.0 Å². The molecule has 1 amide bonds. The van der Waals surface area contributed by atoms with Crippen LogP contribution in [-0.2, 0) is 16.2 Å². The first-order valence-corrected chi connectivity index (χ1v) is 4.62. The van der Waals surface area contributed by atoms with Gasteiger partial charge in [0.05, 0.1) is 13.7 Å². The summed E-state index contributed by atoms with van der Waals surface area (Å²) in [7, 11) is 1.35. The monoisotopic (exact) mass is 228 g/mol. The molecule has 0 saturated heterocycles. The van der Waals surface area contributed by atoms with E-state index in [1.54, 1.807) is 0 Å². The van der Waals surface area contributed by atoms with E-state index < -0.39 is 4.92 Å². The Morgan fingerprint density at radius 1 is 1.75 bits per heavy atom. The van der Waals surface area contributed by atoms with E-state index in [2.05, 4.69) is 15.3 Å². The molecule has 0 fully saturated rings. The summed E-state index contributed by atoms with van der Waals surface area (Å²) in [5, 5.41) is 10.5. The molecule has 1 N–H and O–H groups in total. The number of nitro groups is 1. The topological polar surface area (TPSA) is 99.3 Å². The molecule has 1 aromatic heterocycles. The van der Waals surface area contributed by atoms with Gasteiger partial charge in [-0.15, -0.1) is 0 Å². The number of hydrogen-bond donors (Lipinski definition) is 1. The first-order valence-electron chi connectivity index (χ1n) is 4.62. The lowest BCUT2D eigenvalue weighted by molar-refractivity contribution is -0.396. The second-order valence-corrected chi connectivity index (χ2v) is 3.01. The Kier molecular flexibility index (Phi) is 4.40. The highest BCUT2D eigenvalue weighted by Crippen LogP contribution is 2.08. The zero-order chi connectivity index (χ0) is 12.0. The summed E-state index contributed by atoms with van der Waals surface area (Å²) in [6.07, 6.45) is 3.58. The van der Waals surface area contributed by atoms with Crippen molar-refractivity contribution >= 4 is 11.9 Å². The molecule has 1 heterocycles. The number of nitrogens with one attached hydrogen (secondary N) is 1. The zero-order valence-corrected chi connectivity index (χ0v) is 8.75. The van der Waals surface area contributed by atoms with Gasteiger partial charge in [0, 0.05) is 6.42 Å². The van der Waals surface area contributed by atoms with E-state index in [0.29, 0.717) is 13.0 Å². The van der Waals surface area contributed by atoms with E-state index in [-0.39, 0.29) is 18.3 Å². The van der Waals surface area contributed by atoms with Crippen molar-refractivity contribution < 1.29 is 14.6 Å². The normalized spacial score (nSPS) is 10.1. The SMILES string of the molecule is CONC(=O)CCCn1ccnc1[N+](=O)[O-]. The van der Waals surface area contributed by atoms with Crippen LogP contribution >= 0.6 is 0 Å². The van der Waals surface area contributed by atoms with Crippen molar-refractivity contribution in [2.75, 3.05) is 7.11 Å². The molecule has 0 aliphatic rings. The van der Waals surface area contributed by atoms with Crippen molar-refractivity contribution in [3.63, 3.8) is 0 Å². The van der Waals surface area contributed by atoms with Gasteiger partial charge in [-0.1, -0.05) is 4.98 Å². The highest BCUT2D eigenvalue weighted by Gasteiger charge is 2.13. The maximum atomic E-state index is 11.0. The van der Waals surface area contributed by atoms with E-state index in [1.807, 2.05) is 0 Å². The average molecular weight is 228 g/mol.